The Balaban J connectivity index is 2.12. The van der Waals surface area contributed by atoms with Crippen LogP contribution in [0.2, 0.25) is 0 Å². The summed E-state index contributed by atoms with van der Waals surface area (Å²) in [5.41, 5.74) is 1.47. The molecule has 1 atom stereocenters. The van der Waals surface area contributed by atoms with Crippen LogP contribution in [0.25, 0.3) is 0 Å². The maximum Gasteiger partial charge on any atom is 0.494 e. The van der Waals surface area contributed by atoms with Gasteiger partial charge in [0.1, 0.15) is 0 Å². The van der Waals surface area contributed by atoms with Gasteiger partial charge in [0.25, 0.3) is 0 Å². The number of benzene rings is 1. The van der Waals surface area contributed by atoms with E-state index in [1.807, 2.05) is 0 Å². The molecular weight excluding hydrogens is 393 g/mol. The first-order valence-corrected chi connectivity index (χ1v) is 11.2. The molecule has 6 nitrogen and oxygen atoms in total. The SMILES string of the molecule is COCCCN(CCC(c1ccc(B2OC(C)(C)C(C)(C)O2)cc1)C(C)(C)C)C(=O)O. The number of nitrogens with zero attached hydrogens (tertiary/aromatic N) is 1. The summed E-state index contributed by atoms with van der Waals surface area (Å²) in [6.45, 7) is 16.4. The molecule has 1 aromatic carbocycles. The van der Waals surface area contributed by atoms with Crippen LogP contribution in [0.1, 0.15) is 72.8 Å². The minimum atomic E-state index is -0.875. The number of hydrogen-bond acceptors (Lipinski definition) is 4. The number of carbonyl (C=O) groups is 1. The minimum absolute atomic E-state index is 0.00254. The lowest BCUT2D eigenvalue weighted by Crippen LogP contribution is -2.41. The van der Waals surface area contributed by atoms with Crippen LogP contribution in [0, 0.1) is 5.41 Å². The zero-order chi connectivity index (χ0) is 23.4. The van der Waals surface area contributed by atoms with Gasteiger partial charge in [-0.05, 0) is 62.9 Å². The Morgan fingerprint density at radius 3 is 2.10 bits per heavy atom. The predicted molar refractivity (Wildman–Crippen MR) is 125 cm³/mol. The highest BCUT2D eigenvalue weighted by Gasteiger charge is 2.51. The van der Waals surface area contributed by atoms with E-state index in [1.54, 1.807) is 7.11 Å². The van der Waals surface area contributed by atoms with E-state index < -0.39 is 6.09 Å². The summed E-state index contributed by atoms with van der Waals surface area (Å²) in [7, 11) is 1.25. The summed E-state index contributed by atoms with van der Waals surface area (Å²) in [6.07, 6.45) is 0.588. The second kappa shape index (κ2) is 9.93. The Morgan fingerprint density at radius 1 is 1.10 bits per heavy atom. The molecule has 0 aliphatic carbocycles. The van der Waals surface area contributed by atoms with Gasteiger partial charge in [-0.15, -0.1) is 0 Å². The second-order valence-electron chi connectivity index (χ2n) is 10.6. The highest BCUT2D eigenvalue weighted by atomic mass is 16.7. The molecule has 1 unspecified atom stereocenters. The fourth-order valence-corrected chi connectivity index (χ4v) is 3.95. The van der Waals surface area contributed by atoms with Crippen molar-refractivity contribution in [3.8, 4) is 0 Å². The van der Waals surface area contributed by atoms with Gasteiger partial charge in [-0.1, -0.05) is 45.0 Å². The molecule has 0 bridgehead atoms. The maximum absolute atomic E-state index is 11.6. The molecule has 1 aliphatic heterocycles. The van der Waals surface area contributed by atoms with Gasteiger partial charge in [-0.25, -0.2) is 4.79 Å². The normalized spacial score (nSPS) is 18.8. The first kappa shape index (κ1) is 25.7. The van der Waals surface area contributed by atoms with Crippen molar-refractivity contribution in [2.45, 2.75) is 78.4 Å². The lowest BCUT2D eigenvalue weighted by atomic mass is 9.72. The summed E-state index contributed by atoms with van der Waals surface area (Å²) in [4.78, 5) is 13.1. The fourth-order valence-electron chi connectivity index (χ4n) is 3.95. The van der Waals surface area contributed by atoms with Gasteiger partial charge in [0, 0.05) is 26.8 Å². The van der Waals surface area contributed by atoms with Crippen molar-refractivity contribution in [2.75, 3.05) is 26.8 Å². The van der Waals surface area contributed by atoms with Gasteiger partial charge in [-0.3, -0.25) is 0 Å². The monoisotopic (exact) mass is 433 g/mol. The first-order chi connectivity index (χ1) is 14.3. The van der Waals surface area contributed by atoms with E-state index in [2.05, 4.69) is 72.7 Å². The quantitative estimate of drug-likeness (QED) is 0.458. The Bertz CT molecular complexity index is 710. The molecule has 7 heteroatoms. The Morgan fingerprint density at radius 2 is 1.65 bits per heavy atom. The van der Waals surface area contributed by atoms with E-state index in [4.69, 9.17) is 14.0 Å². The molecule has 1 saturated heterocycles. The van der Waals surface area contributed by atoms with Crippen LogP contribution in [0.5, 0.6) is 0 Å². The van der Waals surface area contributed by atoms with Gasteiger partial charge in [0.2, 0.25) is 0 Å². The van der Waals surface area contributed by atoms with Crippen LogP contribution >= 0.6 is 0 Å². The standard InChI is InChI=1S/C24H40BNO5/c1-22(2,3)20(14-16-26(21(27)28)15-9-17-29-8)18-10-12-19(13-11-18)25-30-23(4,5)24(6,7)31-25/h10-13,20H,9,14-17H2,1-8H3,(H,27,28). The third-order valence-corrected chi connectivity index (χ3v) is 6.64. The molecule has 1 N–H and O–H groups in total. The number of methoxy groups -OCH3 is 1. The molecule has 0 spiro atoms. The molecule has 1 amide bonds. The third-order valence-electron chi connectivity index (χ3n) is 6.64. The summed E-state index contributed by atoms with van der Waals surface area (Å²) >= 11 is 0. The Labute approximate surface area is 188 Å². The molecule has 0 aromatic heterocycles. The van der Waals surface area contributed by atoms with E-state index in [9.17, 15) is 9.90 Å². The average Bonchev–Trinajstić information content (AvgIpc) is 2.87. The number of ether oxygens (including phenoxy) is 1. The molecule has 2 rings (SSSR count). The van der Waals surface area contributed by atoms with Crippen LogP contribution in [0.3, 0.4) is 0 Å². The van der Waals surface area contributed by atoms with Crippen LogP contribution in [-0.2, 0) is 14.0 Å². The van der Waals surface area contributed by atoms with Crippen molar-refractivity contribution < 1.29 is 23.9 Å². The van der Waals surface area contributed by atoms with Crippen molar-refractivity contribution in [1.82, 2.24) is 4.90 Å². The summed E-state index contributed by atoms with van der Waals surface area (Å²) in [5, 5.41) is 9.56. The van der Waals surface area contributed by atoms with Crippen LogP contribution in [-0.4, -0.2) is 61.2 Å². The minimum Gasteiger partial charge on any atom is -0.465 e. The van der Waals surface area contributed by atoms with Gasteiger partial charge in [0.05, 0.1) is 11.2 Å². The molecule has 0 radical (unpaired) electrons. The van der Waals surface area contributed by atoms with Crippen molar-refractivity contribution in [1.29, 1.82) is 0 Å². The van der Waals surface area contributed by atoms with E-state index in [0.717, 1.165) is 11.9 Å². The van der Waals surface area contributed by atoms with Crippen LogP contribution in [0.4, 0.5) is 4.79 Å². The highest BCUT2D eigenvalue weighted by molar-refractivity contribution is 6.62. The number of amides is 1. The number of carboxylic acid groups (broad SMARTS) is 1. The van der Waals surface area contributed by atoms with E-state index in [0.29, 0.717) is 26.1 Å². The topological polar surface area (TPSA) is 68.2 Å². The fraction of sp³-hybridized carbons (Fsp3) is 0.708. The van der Waals surface area contributed by atoms with Gasteiger partial charge in [0.15, 0.2) is 0 Å². The zero-order valence-electron chi connectivity index (χ0n) is 20.5. The largest absolute Gasteiger partial charge is 0.494 e. The van der Waals surface area contributed by atoms with Crippen molar-refractivity contribution in [3.05, 3.63) is 29.8 Å². The Kier molecular flexibility index (Phi) is 8.23. The summed E-state index contributed by atoms with van der Waals surface area (Å²) < 4.78 is 17.4. The van der Waals surface area contributed by atoms with Gasteiger partial charge >= 0.3 is 13.2 Å². The lowest BCUT2D eigenvalue weighted by Gasteiger charge is -2.33. The van der Waals surface area contributed by atoms with Crippen LogP contribution < -0.4 is 5.46 Å². The highest BCUT2D eigenvalue weighted by Crippen LogP contribution is 2.39. The van der Waals surface area contributed by atoms with E-state index in [1.165, 1.54) is 10.5 Å². The smallest absolute Gasteiger partial charge is 0.465 e. The molecule has 31 heavy (non-hydrogen) atoms. The first-order valence-electron chi connectivity index (χ1n) is 11.2. The summed E-state index contributed by atoms with van der Waals surface area (Å²) in [5.74, 6) is 0.226. The molecule has 1 aromatic rings. The predicted octanol–water partition coefficient (Wildman–Crippen LogP) is 4.52. The van der Waals surface area contributed by atoms with Crippen molar-refractivity contribution in [2.24, 2.45) is 5.41 Å². The summed E-state index contributed by atoms with van der Waals surface area (Å²) in [6, 6.07) is 8.41. The third kappa shape index (κ3) is 6.47. The molecular formula is C24H40BNO5. The maximum atomic E-state index is 11.6. The second-order valence-corrected chi connectivity index (χ2v) is 10.6. The Hall–Kier alpha value is -1.57. The number of rotatable bonds is 9. The molecule has 0 saturated carbocycles. The van der Waals surface area contributed by atoms with Crippen molar-refractivity contribution >= 4 is 18.7 Å². The van der Waals surface area contributed by atoms with Gasteiger partial charge in [-0.2, -0.15) is 0 Å². The molecule has 1 aliphatic rings. The van der Waals surface area contributed by atoms with Crippen LogP contribution in [0.15, 0.2) is 24.3 Å². The lowest BCUT2D eigenvalue weighted by molar-refractivity contribution is 0.00578. The van der Waals surface area contributed by atoms with E-state index >= 15 is 0 Å². The number of hydrogen-bond donors (Lipinski definition) is 1. The zero-order valence-corrected chi connectivity index (χ0v) is 20.5. The molecule has 1 heterocycles. The average molecular weight is 433 g/mol. The van der Waals surface area contributed by atoms with E-state index in [-0.39, 0.29) is 29.7 Å². The van der Waals surface area contributed by atoms with Gasteiger partial charge < -0.3 is 24.1 Å². The molecule has 1 fully saturated rings. The van der Waals surface area contributed by atoms with Crippen molar-refractivity contribution in [3.63, 3.8) is 0 Å². The molecule has 174 valence electrons.